The first-order valence-electron chi connectivity index (χ1n) is 37.4. The highest BCUT2D eigenvalue weighted by Crippen LogP contribution is 2.30. The molecule has 2 heterocycles. The molecule has 2 aliphatic heterocycles. The smallest absolute Gasteiger partial charge is 0.220 e. The highest BCUT2D eigenvalue weighted by Gasteiger charge is 2.51. The molecule has 2 aliphatic rings. The minimum atomic E-state index is -1.78. The lowest BCUT2D eigenvalue weighted by Gasteiger charge is -2.46. The standard InChI is InChI=1S/C73H141NO13/c1-3-5-7-9-11-13-15-17-19-21-23-25-27-29-30-31-32-33-35-37-39-41-43-45-47-49-51-53-55-57-65(78)74-61(60-84-72-70(83)68(81)71(64(59-76)86-72)87-73-69(82)67(80)66(79)63(58-75)85-73)62(77)56-54-52-50-48-46-44-42-40-38-36-34-28-26-24-22-20-18-16-14-12-10-8-6-4-2/h21,23,61-64,66-73,75-77,79-83H,3-20,22,24-60H2,1-2H3,(H,74,78)/b23-21-. The van der Waals surface area contributed by atoms with Gasteiger partial charge in [-0.2, -0.15) is 0 Å². The summed E-state index contributed by atoms with van der Waals surface area (Å²) in [6.07, 6.45) is 55.2. The molecular weight excluding hydrogens is 1100 g/mol. The molecule has 2 fully saturated rings. The zero-order chi connectivity index (χ0) is 63.1. The normalized spacial score (nSPS) is 23.2. The van der Waals surface area contributed by atoms with Gasteiger partial charge in [0, 0.05) is 6.42 Å². The molecule has 9 N–H and O–H groups in total. The fourth-order valence-electron chi connectivity index (χ4n) is 12.8. The largest absolute Gasteiger partial charge is 0.394 e. The van der Waals surface area contributed by atoms with Crippen LogP contribution < -0.4 is 5.32 Å². The quantitative estimate of drug-likeness (QED) is 0.0204. The SMILES string of the molecule is CCCCCCCCCC/C=C\CCCCCCCCCCCCCCCCCCCC(=O)NC(COC1OC(CO)C(OC2OC(CO)C(O)C(O)C2O)C(O)C1O)C(O)CCCCCCCCCCCCCCCCCCCCCCCCCC. The Labute approximate surface area is 533 Å². The van der Waals surface area contributed by atoms with Crippen molar-refractivity contribution in [2.24, 2.45) is 0 Å². The van der Waals surface area contributed by atoms with E-state index in [2.05, 4.69) is 31.3 Å². The predicted molar refractivity (Wildman–Crippen MR) is 355 cm³/mol. The molecule has 0 bridgehead atoms. The van der Waals surface area contributed by atoms with Crippen molar-refractivity contribution in [1.82, 2.24) is 5.32 Å². The van der Waals surface area contributed by atoms with Crippen LogP contribution in [0, 0.1) is 0 Å². The summed E-state index contributed by atoms with van der Waals surface area (Å²) in [7, 11) is 0. The van der Waals surface area contributed by atoms with Crippen LogP contribution in [0.2, 0.25) is 0 Å². The summed E-state index contributed by atoms with van der Waals surface area (Å²) >= 11 is 0. The van der Waals surface area contributed by atoms with E-state index < -0.39 is 86.8 Å². The number of allylic oxidation sites excluding steroid dienone is 2. The predicted octanol–water partition coefficient (Wildman–Crippen LogP) is 15.7. The molecule has 14 heteroatoms. The molecule has 0 aromatic carbocycles. The summed E-state index contributed by atoms with van der Waals surface area (Å²) in [5, 5.41) is 87.7. The number of ether oxygens (including phenoxy) is 4. The summed E-state index contributed by atoms with van der Waals surface area (Å²) in [5.74, 6) is -0.198. The number of carbonyl (C=O) groups excluding carboxylic acids is 1. The molecule has 2 rings (SSSR count). The Morgan fingerprint density at radius 2 is 0.724 bits per heavy atom. The summed E-state index contributed by atoms with van der Waals surface area (Å²) < 4.78 is 23.0. The summed E-state index contributed by atoms with van der Waals surface area (Å²) in [4.78, 5) is 13.4. The number of hydrogen-bond donors (Lipinski definition) is 9. The average Bonchev–Trinajstić information content (AvgIpc) is 1.55. The minimum absolute atomic E-state index is 0.198. The van der Waals surface area contributed by atoms with Crippen LogP contribution in [0.1, 0.15) is 354 Å². The van der Waals surface area contributed by atoms with Crippen molar-refractivity contribution in [3.63, 3.8) is 0 Å². The van der Waals surface area contributed by atoms with Crippen molar-refractivity contribution in [3.8, 4) is 0 Å². The number of nitrogens with one attached hydrogen (secondary N) is 1. The van der Waals surface area contributed by atoms with E-state index >= 15 is 0 Å². The Morgan fingerprint density at radius 1 is 0.402 bits per heavy atom. The fraction of sp³-hybridized carbons (Fsp3) is 0.959. The molecule has 0 aromatic rings. The third-order valence-electron chi connectivity index (χ3n) is 18.7. The van der Waals surface area contributed by atoms with Crippen LogP contribution in [0.3, 0.4) is 0 Å². The maximum atomic E-state index is 13.4. The van der Waals surface area contributed by atoms with Gasteiger partial charge in [-0.05, 0) is 38.5 Å². The fourth-order valence-corrected chi connectivity index (χ4v) is 12.8. The van der Waals surface area contributed by atoms with Gasteiger partial charge in [-0.15, -0.1) is 0 Å². The number of aliphatic hydroxyl groups is 8. The second-order valence-corrected chi connectivity index (χ2v) is 26.8. The van der Waals surface area contributed by atoms with Crippen molar-refractivity contribution in [2.75, 3.05) is 19.8 Å². The Kier molecular flexibility index (Phi) is 55.1. The van der Waals surface area contributed by atoms with Gasteiger partial charge in [0.15, 0.2) is 12.6 Å². The van der Waals surface area contributed by atoms with E-state index in [1.165, 1.54) is 276 Å². The first-order chi connectivity index (χ1) is 42.6. The minimum Gasteiger partial charge on any atom is -0.394 e. The van der Waals surface area contributed by atoms with E-state index in [0.717, 1.165) is 51.4 Å². The number of amides is 1. The van der Waals surface area contributed by atoms with Crippen molar-refractivity contribution in [1.29, 1.82) is 0 Å². The molecule has 0 radical (unpaired) electrons. The lowest BCUT2D eigenvalue weighted by Crippen LogP contribution is -2.65. The Bertz CT molecular complexity index is 1510. The Morgan fingerprint density at radius 3 is 1.09 bits per heavy atom. The summed E-state index contributed by atoms with van der Waals surface area (Å²) in [6, 6.07) is -0.827. The molecule has 12 unspecified atom stereocenters. The first-order valence-corrected chi connectivity index (χ1v) is 37.4. The van der Waals surface area contributed by atoms with E-state index in [-0.39, 0.29) is 12.5 Å². The molecule has 0 spiro atoms. The van der Waals surface area contributed by atoms with E-state index in [1.807, 2.05) is 0 Å². The van der Waals surface area contributed by atoms with Crippen molar-refractivity contribution in [2.45, 2.75) is 428 Å². The number of rotatable bonds is 63. The van der Waals surface area contributed by atoms with Gasteiger partial charge in [0.1, 0.15) is 48.8 Å². The highest BCUT2D eigenvalue weighted by atomic mass is 16.7. The third-order valence-corrected chi connectivity index (χ3v) is 18.7. The maximum Gasteiger partial charge on any atom is 0.220 e. The molecule has 12 atom stereocenters. The topological polar surface area (TPSA) is 228 Å². The molecule has 2 saturated heterocycles. The van der Waals surface area contributed by atoms with Crippen molar-refractivity contribution >= 4 is 5.91 Å². The number of aliphatic hydroxyl groups excluding tert-OH is 8. The van der Waals surface area contributed by atoms with Gasteiger partial charge in [-0.1, -0.05) is 321 Å². The van der Waals surface area contributed by atoms with Crippen LogP contribution in [-0.2, 0) is 23.7 Å². The molecule has 516 valence electrons. The van der Waals surface area contributed by atoms with Crippen LogP contribution in [0.5, 0.6) is 0 Å². The van der Waals surface area contributed by atoms with E-state index in [9.17, 15) is 45.6 Å². The Hall–Kier alpha value is -1.27. The summed E-state index contributed by atoms with van der Waals surface area (Å²) in [6.45, 7) is 2.93. The van der Waals surface area contributed by atoms with Gasteiger partial charge in [0.2, 0.25) is 5.91 Å². The lowest BCUT2D eigenvalue weighted by molar-refractivity contribution is -0.359. The zero-order valence-corrected chi connectivity index (χ0v) is 56.3. The average molecular weight is 1240 g/mol. The molecule has 87 heavy (non-hydrogen) atoms. The molecule has 0 saturated carbocycles. The van der Waals surface area contributed by atoms with Gasteiger partial charge in [-0.25, -0.2) is 0 Å². The van der Waals surface area contributed by atoms with Gasteiger partial charge in [0.25, 0.3) is 0 Å². The number of carbonyl (C=O) groups is 1. The van der Waals surface area contributed by atoms with Crippen LogP contribution in [0.25, 0.3) is 0 Å². The van der Waals surface area contributed by atoms with E-state index in [0.29, 0.717) is 12.8 Å². The van der Waals surface area contributed by atoms with E-state index in [4.69, 9.17) is 18.9 Å². The maximum absolute atomic E-state index is 13.4. The van der Waals surface area contributed by atoms with Crippen LogP contribution in [-0.4, -0.2) is 140 Å². The summed E-state index contributed by atoms with van der Waals surface area (Å²) in [5.41, 5.74) is 0. The molecule has 1 amide bonds. The monoisotopic (exact) mass is 1240 g/mol. The highest BCUT2D eigenvalue weighted by molar-refractivity contribution is 5.76. The Balaban J connectivity index is 1.64. The molecule has 0 aromatic heterocycles. The zero-order valence-electron chi connectivity index (χ0n) is 56.3. The number of unbranched alkanes of at least 4 members (excludes halogenated alkanes) is 48. The first kappa shape index (κ1) is 81.8. The second-order valence-electron chi connectivity index (χ2n) is 26.8. The van der Waals surface area contributed by atoms with Crippen molar-refractivity contribution < 1.29 is 64.6 Å². The molecule has 0 aliphatic carbocycles. The van der Waals surface area contributed by atoms with Gasteiger partial charge in [-0.3, -0.25) is 4.79 Å². The second kappa shape index (κ2) is 58.5. The lowest BCUT2D eigenvalue weighted by atomic mass is 9.97. The van der Waals surface area contributed by atoms with Gasteiger partial charge in [0.05, 0.1) is 32.0 Å². The molecule has 14 nitrogen and oxygen atoms in total. The van der Waals surface area contributed by atoms with Crippen LogP contribution >= 0.6 is 0 Å². The van der Waals surface area contributed by atoms with Crippen LogP contribution in [0.15, 0.2) is 12.2 Å². The van der Waals surface area contributed by atoms with Gasteiger partial charge < -0.3 is 65.1 Å². The number of hydrogen-bond acceptors (Lipinski definition) is 13. The molecular formula is C73H141NO13. The van der Waals surface area contributed by atoms with Gasteiger partial charge >= 0.3 is 0 Å². The van der Waals surface area contributed by atoms with Crippen LogP contribution in [0.4, 0.5) is 0 Å². The third kappa shape index (κ3) is 42.6. The van der Waals surface area contributed by atoms with Crippen molar-refractivity contribution in [3.05, 3.63) is 12.2 Å². The van der Waals surface area contributed by atoms with E-state index in [1.54, 1.807) is 0 Å².